The van der Waals surface area contributed by atoms with Gasteiger partial charge in [-0.25, -0.2) is 0 Å². The first-order valence-electron chi connectivity index (χ1n) is 4.27. The van der Waals surface area contributed by atoms with Crippen molar-refractivity contribution in [3.8, 4) is 0 Å². The average molecular weight is 156 g/mol. The van der Waals surface area contributed by atoms with E-state index in [1.807, 2.05) is 0 Å². The zero-order valence-electron chi connectivity index (χ0n) is 7.10. The summed E-state index contributed by atoms with van der Waals surface area (Å²) in [5.74, 6) is 0.316. The standard InChI is InChI=1S/C8H16N2O/c1-2-4-10-5-3-9-6-8(11)7-10/h9H,2-7H2,1H3. The van der Waals surface area contributed by atoms with Gasteiger partial charge < -0.3 is 5.32 Å². The van der Waals surface area contributed by atoms with Crippen molar-refractivity contribution < 1.29 is 4.79 Å². The molecule has 3 nitrogen and oxygen atoms in total. The molecule has 1 aliphatic rings. The molecular weight excluding hydrogens is 140 g/mol. The highest BCUT2D eigenvalue weighted by atomic mass is 16.1. The predicted octanol–water partition coefficient (Wildman–Crippen LogP) is -0.129. The molecule has 1 fully saturated rings. The molecule has 0 amide bonds. The Morgan fingerprint density at radius 3 is 3.18 bits per heavy atom. The van der Waals surface area contributed by atoms with Crippen LogP contribution in [0.15, 0.2) is 0 Å². The second kappa shape index (κ2) is 4.46. The van der Waals surface area contributed by atoms with E-state index in [4.69, 9.17) is 0 Å². The Hall–Kier alpha value is -0.410. The summed E-state index contributed by atoms with van der Waals surface area (Å²) < 4.78 is 0. The van der Waals surface area contributed by atoms with E-state index in [9.17, 15) is 4.79 Å². The zero-order chi connectivity index (χ0) is 8.10. The lowest BCUT2D eigenvalue weighted by Crippen LogP contribution is -2.30. The molecule has 1 aliphatic heterocycles. The first-order valence-corrected chi connectivity index (χ1v) is 4.27. The molecule has 1 heterocycles. The summed E-state index contributed by atoms with van der Waals surface area (Å²) in [5.41, 5.74) is 0. The third-order valence-electron chi connectivity index (χ3n) is 1.87. The summed E-state index contributed by atoms with van der Waals surface area (Å²) in [6.07, 6.45) is 1.13. The molecule has 0 aromatic heterocycles. The number of carbonyl (C=O) groups excluding carboxylic acids is 1. The lowest BCUT2D eigenvalue weighted by atomic mass is 10.3. The van der Waals surface area contributed by atoms with Crippen molar-refractivity contribution in [1.82, 2.24) is 10.2 Å². The highest BCUT2D eigenvalue weighted by molar-refractivity contribution is 5.82. The molecule has 11 heavy (non-hydrogen) atoms. The van der Waals surface area contributed by atoms with Gasteiger partial charge in [-0.1, -0.05) is 6.92 Å². The fourth-order valence-corrected chi connectivity index (χ4v) is 1.36. The lowest BCUT2D eigenvalue weighted by molar-refractivity contribution is -0.118. The Bertz CT molecular complexity index is 136. The van der Waals surface area contributed by atoms with E-state index in [1.165, 1.54) is 0 Å². The van der Waals surface area contributed by atoms with Crippen LogP contribution in [-0.4, -0.2) is 43.4 Å². The molecule has 0 aromatic rings. The summed E-state index contributed by atoms with van der Waals surface area (Å²) in [4.78, 5) is 13.3. The molecule has 3 heteroatoms. The van der Waals surface area contributed by atoms with E-state index in [0.29, 0.717) is 18.9 Å². The van der Waals surface area contributed by atoms with E-state index in [0.717, 1.165) is 26.1 Å². The van der Waals surface area contributed by atoms with Crippen LogP contribution < -0.4 is 5.32 Å². The van der Waals surface area contributed by atoms with Gasteiger partial charge in [-0.05, 0) is 13.0 Å². The number of Topliss-reactive ketones (excluding diaryl/α,β-unsaturated/α-hetero) is 1. The molecule has 1 saturated heterocycles. The maximum absolute atomic E-state index is 11.1. The normalized spacial score (nSPS) is 21.7. The molecule has 0 bridgehead atoms. The fourth-order valence-electron chi connectivity index (χ4n) is 1.36. The maximum atomic E-state index is 11.1. The number of nitrogens with one attached hydrogen (secondary N) is 1. The van der Waals surface area contributed by atoms with Gasteiger partial charge in [-0.3, -0.25) is 9.69 Å². The third-order valence-corrected chi connectivity index (χ3v) is 1.87. The average Bonchev–Trinajstić information content (AvgIpc) is 2.15. The van der Waals surface area contributed by atoms with Gasteiger partial charge in [0.25, 0.3) is 0 Å². The van der Waals surface area contributed by atoms with Crippen LogP contribution in [0.4, 0.5) is 0 Å². The molecule has 0 spiro atoms. The SMILES string of the molecule is CCCN1CCNCC(=O)C1. The smallest absolute Gasteiger partial charge is 0.160 e. The summed E-state index contributed by atoms with van der Waals surface area (Å²) in [5, 5.41) is 3.09. The summed E-state index contributed by atoms with van der Waals surface area (Å²) >= 11 is 0. The van der Waals surface area contributed by atoms with Gasteiger partial charge in [-0.2, -0.15) is 0 Å². The van der Waals surface area contributed by atoms with Crippen LogP contribution in [0.3, 0.4) is 0 Å². The Morgan fingerprint density at radius 2 is 2.45 bits per heavy atom. The van der Waals surface area contributed by atoms with Crippen LogP contribution in [0, 0.1) is 0 Å². The fraction of sp³-hybridized carbons (Fsp3) is 0.875. The van der Waals surface area contributed by atoms with Gasteiger partial charge in [-0.15, -0.1) is 0 Å². The van der Waals surface area contributed by atoms with Crippen molar-refractivity contribution >= 4 is 5.78 Å². The minimum Gasteiger partial charge on any atom is -0.309 e. The minimum absolute atomic E-state index is 0.316. The van der Waals surface area contributed by atoms with Gasteiger partial charge in [0.1, 0.15) is 0 Å². The summed E-state index contributed by atoms with van der Waals surface area (Å²) in [7, 11) is 0. The van der Waals surface area contributed by atoms with E-state index in [2.05, 4.69) is 17.1 Å². The van der Waals surface area contributed by atoms with E-state index >= 15 is 0 Å². The number of hydrogen-bond donors (Lipinski definition) is 1. The van der Waals surface area contributed by atoms with Crippen LogP contribution in [0.1, 0.15) is 13.3 Å². The van der Waals surface area contributed by atoms with Crippen molar-refractivity contribution in [3.05, 3.63) is 0 Å². The van der Waals surface area contributed by atoms with Gasteiger partial charge in [0.15, 0.2) is 5.78 Å². The number of nitrogens with zero attached hydrogens (tertiary/aromatic N) is 1. The maximum Gasteiger partial charge on any atom is 0.160 e. The van der Waals surface area contributed by atoms with Gasteiger partial charge >= 0.3 is 0 Å². The molecule has 0 aliphatic carbocycles. The Kier molecular flexibility index (Phi) is 3.52. The molecule has 0 unspecified atom stereocenters. The van der Waals surface area contributed by atoms with Crippen molar-refractivity contribution in [3.63, 3.8) is 0 Å². The van der Waals surface area contributed by atoms with Crippen molar-refractivity contribution in [1.29, 1.82) is 0 Å². The van der Waals surface area contributed by atoms with Crippen molar-refractivity contribution in [2.75, 3.05) is 32.7 Å². The molecule has 1 N–H and O–H groups in total. The van der Waals surface area contributed by atoms with Crippen LogP contribution in [-0.2, 0) is 4.79 Å². The number of carbonyl (C=O) groups is 1. The zero-order valence-corrected chi connectivity index (χ0v) is 7.10. The van der Waals surface area contributed by atoms with Crippen LogP contribution in [0.5, 0.6) is 0 Å². The predicted molar refractivity (Wildman–Crippen MR) is 44.6 cm³/mol. The molecule has 0 radical (unpaired) electrons. The van der Waals surface area contributed by atoms with Crippen LogP contribution in [0.25, 0.3) is 0 Å². The Morgan fingerprint density at radius 1 is 1.64 bits per heavy atom. The van der Waals surface area contributed by atoms with Gasteiger partial charge in [0, 0.05) is 13.1 Å². The van der Waals surface area contributed by atoms with Crippen LogP contribution in [0.2, 0.25) is 0 Å². The second-order valence-electron chi connectivity index (χ2n) is 2.99. The molecule has 0 saturated carbocycles. The Balaban J connectivity index is 2.33. The van der Waals surface area contributed by atoms with E-state index in [-0.39, 0.29) is 0 Å². The van der Waals surface area contributed by atoms with Gasteiger partial charge in [0.05, 0.1) is 13.1 Å². The van der Waals surface area contributed by atoms with Gasteiger partial charge in [0.2, 0.25) is 0 Å². The molecule has 0 aromatic carbocycles. The molecule has 1 rings (SSSR count). The number of hydrogen-bond acceptors (Lipinski definition) is 3. The molecule has 64 valence electrons. The largest absolute Gasteiger partial charge is 0.309 e. The lowest BCUT2D eigenvalue weighted by Gasteiger charge is -2.16. The monoisotopic (exact) mass is 156 g/mol. The molecular formula is C8H16N2O. The molecule has 0 atom stereocenters. The highest BCUT2D eigenvalue weighted by Gasteiger charge is 2.12. The van der Waals surface area contributed by atoms with Crippen molar-refractivity contribution in [2.45, 2.75) is 13.3 Å². The second-order valence-corrected chi connectivity index (χ2v) is 2.99. The summed E-state index contributed by atoms with van der Waals surface area (Å²) in [6.45, 7) is 6.35. The Labute approximate surface area is 67.8 Å². The first kappa shape index (κ1) is 8.68. The topological polar surface area (TPSA) is 32.3 Å². The van der Waals surface area contributed by atoms with Crippen LogP contribution >= 0.6 is 0 Å². The van der Waals surface area contributed by atoms with Crippen molar-refractivity contribution in [2.24, 2.45) is 0 Å². The van der Waals surface area contributed by atoms with E-state index in [1.54, 1.807) is 0 Å². The minimum atomic E-state index is 0.316. The summed E-state index contributed by atoms with van der Waals surface area (Å²) in [6, 6.07) is 0. The van der Waals surface area contributed by atoms with E-state index < -0.39 is 0 Å². The number of ketones is 1. The highest BCUT2D eigenvalue weighted by Crippen LogP contribution is 1.93. The quantitative estimate of drug-likeness (QED) is 0.604. The third kappa shape index (κ3) is 2.99. The number of rotatable bonds is 2. The first-order chi connectivity index (χ1) is 5.33.